The van der Waals surface area contributed by atoms with Gasteiger partial charge in [-0.05, 0) is 55.4 Å². The third-order valence-corrected chi connectivity index (χ3v) is 7.70. The molecule has 0 bridgehead atoms. The normalized spacial score (nSPS) is 24.4. The number of amides is 1. The van der Waals surface area contributed by atoms with Crippen LogP contribution in [0.15, 0.2) is 35.2 Å². The lowest BCUT2D eigenvalue weighted by molar-refractivity contribution is -0.127. The molecular weight excluding hydrogens is 376 g/mol. The number of ether oxygens (including phenoxy) is 1. The molecule has 2 aliphatic rings. The second kappa shape index (κ2) is 9.20. The third kappa shape index (κ3) is 5.01. The fourth-order valence-electron chi connectivity index (χ4n) is 3.78. The van der Waals surface area contributed by atoms with Crippen LogP contribution in [-0.2, 0) is 19.6 Å². The highest BCUT2D eigenvalue weighted by Gasteiger charge is 2.26. The number of morpholine rings is 1. The van der Waals surface area contributed by atoms with Gasteiger partial charge >= 0.3 is 0 Å². The molecule has 0 aromatic heterocycles. The Morgan fingerprint density at radius 2 is 1.71 bits per heavy atom. The van der Waals surface area contributed by atoms with Crippen molar-refractivity contribution in [3.63, 3.8) is 0 Å². The smallest absolute Gasteiger partial charge is 0.246 e. The molecule has 1 aromatic carbocycles. The molecule has 0 N–H and O–H groups in total. The van der Waals surface area contributed by atoms with Gasteiger partial charge in [0.25, 0.3) is 0 Å². The molecule has 7 heteroatoms. The largest absolute Gasteiger partial charge is 0.379 e. The van der Waals surface area contributed by atoms with Crippen LogP contribution in [0.5, 0.6) is 0 Å². The van der Waals surface area contributed by atoms with Crippen molar-refractivity contribution in [2.75, 3.05) is 33.4 Å². The van der Waals surface area contributed by atoms with Gasteiger partial charge in [-0.1, -0.05) is 19.1 Å². The maximum Gasteiger partial charge on any atom is 0.246 e. The molecule has 1 heterocycles. The minimum absolute atomic E-state index is 0.00966. The number of hydrogen-bond acceptors (Lipinski definition) is 4. The van der Waals surface area contributed by atoms with Crippen LogP contribution in [-0.4, -0.2) is 62.9 Å². The lowest BCUT2D eigenvalue weighted by Gasteiger charge is -2.33. The van der Waals surface area contributed by atoms with Crippen molar-refractivity contribution in [1.29, 1.82) is 0 Å². The highest BCUT2D eigenvalue weighted by atomic mass is 32.2. The van der Waals surface area contributed by atoms with E-state index < -0.39 is 10.0 Å². The third-order valence-electron chi connectivity index (χ3n) is 5.79. The summed E-state index contributed by atoms with van der Waals surface area (Å²) in [5.74, 6) is 0.743. The average Bonchev–Trinajstić information content (AvgIpc) is 2.73. The lowest BCUT2D eigenvalue weighted by atomic mass is 9.87. The van der Waals surface area contributed by atoms with Crippen molar-refractivity contribution in [2.45, 2.75) is 43.5 Å². The fourth-order valence-corrected chi connectivity index (χ4v) is 5.19. The molecule has 0 spiro atoms. The van der Waals surface area contributed by atoms with Crippen LogP contribution >= 0.6 is 0 Å². The van der Waals surface area contributed by atoms with E-state index in [1.165, 1.54) is 17.1 Å². The van der Waals surface area contributed by atoms with Gasteiger partial charge in [-0.2, -0.15) is 4.31 Å². The molecule has 0 radical (unpaired) electrons. The summed E-state index contributed by atoms with van der Waals surface area (Å²) < 4.78 is 32.0. The van der Waals surface area contributed by atoms with E-state index in [2.05, 4.69) is 6.92 Å². The maximum absolute atomic E-state index is 12.6. The van der Waals surface area contributed by atoms with Crippen LogP contribution in [0.2, 0.25) is 0 Å². The highest BCUT2D eigenvalue weighted by Crippen LogP contribution is 2.26. The summed E-state index contributed by atoms with van der Waals surface area (Å²) in [7, 11) is -1.62. The molecule has 1 saturated carbocycles. The van der Waals surface area contributed by atoms with Gasteiger partial charge in [0.2, 0.25) is 15.9 Å². The number of carbonyl (C=O) groups is 1. The average molecular weight is 407 g/mol. The van der Waals surface area contributed by atoms with Crippen molar-refractivity contribution in [3.8, 4) is 0 Å². The quantitative estimate of drug-likeness (QED) is 0.705. The second-order valence-corrected chi connectivity index (χ2v) is 9.72. The zero-order valence-electron chi connectivity index (χ0n) is 16.7. The van der Waals surface area contributed by atoms with Crippen LogP contribution in [0.1, 0.15) is 38.2 Å². The van der Waals surface area contributed by atoms with Crippen LogP contribution < -0.4 is 0 Å². The van der Waals surface area contributed by atoms with E-state index in [-0.39, 0.29) is 10.8 Å². The van der Waals surface area contributed by atoms with Gasteiger partial charge in [0.05, 0.1) is 18.1 Å². The zero-order chi connectivity index (χ0) is 20.1. The standard InChI is InChI=1S/C21H30N2O4S/c1-17-3-8-19(9-4-17)22(2)21(24)12-7-18-5-10-20(11-6-18)28(25,26)23-13-15-27-16-14-23/h5-7,10-12,17,19H,3-4,8-9,13-16H2,1-2H3. The molecule has 1 amide bonds. The Kier molecular flexibility index (Phi) is 6.91. The summed E-state index contributed by atoms with van der Waals surface area (Å²) in [5, 5.41) is 0. The fraction of sp³-hybridized carbons (Fsp3) is 0.571. The first-order chi connectivity index (χ1) is 13.4. The number of carbonyl (C=O) groups excluding carboxylic acids is 1. The van der Waals surface area contributed by atoms with Gasteiger partial charge in [0.1, 0.15) is 0 Å². The number of sulfonamides is 1. The Hall–Kier alpha value is -1.70. The molecule has 0 unspecified atom stereocenters. The molecule has 3 rings (SSSR count). The Morgan fingerprint density at radius 3 is 2.32 bits per heavy atom. The number of nitrogens with zero attached hydrogens (tertiary/aromatic N) is 2. The summed E-state index contributed by atoms with van der Waals surface area (Å²) >= 11 is 0. The Morgan fingerprint density at radius 1 is 1.11 bits per heavy atom. The van der Waals surface area contributed by atoms with Crippen molar-refractivity contribution in [2.24, 2.45) is 5.92 Å². The molecule has 1 aromatic rings. The van der Waals surface area contributed by atoms with E-state index >= 15 is 0 Å². The molecule has 2 fully saturated rings. The van der Waals surface area contributed by atoms with Crippen molar-refractivity contribution in [1.82, 2.24) is 9.21 Å². The topological polar surface area (TPSA) is 66.9 Å². The van der Waals surface area contributed by atoms with E-state index in [1.807, 2.05) is 11.9 Å². The summed E-state index contributed by atoms with van der Waals surface area (Å²) in [6, 6.07) is 6.98. The van der Waals surface area contributed by atoms with Gasteiger partial charge in [-0.3, -0.25) is 4.79 Å². The van der Waals surface area contributed by atoms with Crippen molar-refractivity contribution >= 4 is 22.0 Å². The Bertz CT molecular complexity index is 790. The van der Waals surface area contributed by atoms with Gasteiger partial charge in [0.15, 0.2) is 0 Å². The first kappa shape index (κ1) is 21.0. The lowest BCUT2D eigenvalue weighted by Crippen LogP contribution is -2.40. The molecule has 0 atom stereocenters. The first-order valence-electron chi connectivity index (χ1n) is 10.0. The van der Waals surface area contributed by atoms with Gasteiger partial charge in [-0.25, -0.2) is 8.42 Å². The minimum Gasteiger partial charge on any atom is -0.379 e. The van der Waals surface area contributed by atoms with Crippen LogP contribution in [0.4, 0.5) is 0 Å². The van der Waals surface area contributed by atoms with Gasteiger partial charge < -0.3 is 9.64 Å². The van der Waals surface area contributed by atoms with Gasteiger partial charge in [-0.15, -0.1) is 0 Å². The molecular formula is C21H30N2O4S. The van der Waals surface area contributed by atoms with Crippen LogP contribution in [0, 0.1) is 5.92 Å². The summed E-state index contributed by atoms with van der Waals surface area (Å²) in [4.78, 5) is 14.6. The zero-order valence-corrected chi connectivity index (χ0v) is 17.5. The minimum atomic E-state index is -3.49. The van der Waals surface area contributed by atoms with E-state index in [4.69, 9.17) is 4.74 Å². The SMILES string of the molecule is CC1CCC(N(C)C(=O)C=Cc2ccc(S(=O)(=O)N3CCOCC3)cc2)CC1. The maximum atomic E-state index is 12.6. The van der Waals surface area contributed by atoms with Crippen LogP contribution in [0.25, 0.3) is 6.08 Å². The summed E-state index contributed by atoms with van der Waals surface area (Å²) in [6.45, 7) is 3.88. The number of benzene rings is 1. The summed E-state index contributed by atoms with van der Waals surface area (Å²) in [6.07, 6.45) is 7.78. The summed E-state index contributed by atoms with van der Waals surface area (Å²) in [5.41, 5.74) is 0.806. The highest BCUT2D eigenvalue weighted by molar-refractivity contribution is 7.89. The van der Waals surface area contributed by atoms with Crippen LogP contribution in [0.3, 0.4) is 0 Å². The molecule has 28 heavy (non-hydrogen) atoms. The number of hydrogen-bond donors (Lipinski definition) is 0. The van der Waals surface area contributed by atoms with Crippen molar-refractivity contribution < 1.29 is 17.9 Å². The number of rotatable bonds is 5. The van der Waals surface area contributed by atoms with E-state index in [9.17, 15) is 13.2 Å². The first-order valence-corrected chi connectivity index (χ1v) is 11.4. The van der Waals surface area contributed by atoms with Gasteiger partial charge in [0, 0.05) is 32.3 Å². The molecule has 154 valence electrons. The Balaban J connectivity index is 1.61. The van der Waals surface area contributed by atoms with E-state index in [1.54, 1.807) is 36.4 Å². The molecule has 1 saturated heterocycles. The van der Waals surface area contributed by atoms with Crippen molar-refractivity contribution in [3.05, 3.63) is 35.9 Å². The number of likely N-dealkylation sites (N-methyl/N-ethyl adjacent to an activating group) is 1. The monoisotopic (exact) mass is 406 g/mol. The second-order valence-electron chi connectivity index (χ2n) is 7.78. The van der Waals surface area contributed by atoms with E-state index in [0.29, 0.717) is 32.3 Å². The molecule has 6 nitrogen and oxygen atoms in total. The predicted molar refractivity (Wildman–Crippen MR) is 109 cm³/mol. The predicted octanol–water partition coefficient (Wildman–Crippen LogP) is 2.76. The molecule has 1 aliphatic carbocycles. The Labute approximate surface area is 168 Å². The van der Waals surface area contributed by atoms with E-state index in [0.717, 1.165) is 24.3 Å². The molecule has 1 aliphatic heterocycles.